The number of aryl methyl sites for hydroxylation is 2. The van der Waals surface area contributed by atoms with Gasteiger partial charge in [0.2, 0.25) is 0 Å². The van der Waals surface area contributed by atoms with E-state index >= 15 is 0 Å². The van der Waals surface area contributed by atoms with Crippen molar-refractivity contribution in [3.05, 3.63) is 143 Å². The van der Waals surface area contributed by atoms with Gasteiger partial charge in [-0.05, 0) is 168 Å². The maximum absolute atomic E-state index is 2.54. The van der Waals surface area contributed by atoms with Crippen LogP contribution in [0, 0.1) is 0 Å². The third-order valence-corrected chi connectivity index (χ3v) is 13.7. The smallest absolute Gasteiger partial charge is 0.000718 e. The van der Waals surface area contributed by atoms with E-state index in [1.165, 1.54) is 121 Å². The van der Waals surface area contributed by atoms with Crippen molar-refractivity contribution < 1.29 is 0 Å². The molecule has 0 unspecified atom stereocenters. The minimum absolute atomic E-state index is 0.0245. The molecule has 0 aromatic heterocycles. The van der Waals surface area contributed by atoms with Gasteiger partial charge in [0.05, 0.1) is 0 Å². The number of hydrogen-bond acceptors (Lipinski definition) is 0. The van der Waals surface area contributed by atoms with Crippen LogP contribution in [0.2, 0.25) is 0 Å². The zero-order valence-corrected chi connectivity index (χ0v) is 36.8. The second-order valence-corrected chi connectivity index (χ2v) is 21.8. The topological polar surface area (TPSA) is 0 Å². The molecule has 290 valence electrons. The molecule has 0 heteroatoms. The summed E-state index contributed by atoms with van der Waals surface area (Å²) in [5, 5.41) is 10.9. The SMILES string of the molecule is CC(C)(C)c1ccc2c(-c3c4c(c(-c5cc(C(C)(C)C)cc6cc(C(C)(C)C)ccc56)c5ccccc35)-c3ccc5c6c(ccc-4c36)CC5)cc(C(C)(C)C)cc2c1. The van der Waals surface area contributed by atoms with Crippen LogP contribution in [0.4, 0.5) is 0 Å². The second-order valence-electron chi connectivity index (χ2n) is 21.8. The predicted octanol–water partition coefficient (Wildman–Crippen LogP) is 16.6. The molecule has 0 nitrogen and oxygen atoms in total. The van der Waals surface area contributed by atoms with Crippen LogP contribution in [-0.2, 0) is 34.5 Å². The van der Waals surface area contributed by atoms with Crippen molar-refractivity contribution in [2.45, 2.75) is 118 Å². The minimum Gasteiger partial charge on any atom is -0.0616 e. The summed E-state index contributed by atoms with van der Waals surface area (Å²) in [6.45, 7) is 28.2. The fourth-order valence-electron chi connectivity index (χ4n) is 10.2. The summed E-state index contributed by atoms with van der Waals surface area (Å²) in [5.41, 5.74) is 19.5. The molecule has 2 aliphatic rings. The molecule has 0 atom stereocenters. The molecular formula is C58H58. The first-order chi connectivity index (χ1) is 27.3. The third kappa shape index (κ3) is 5.54. The van der Waals surface area contributed by atoms with Gasteiger partial charge in [-0.2, -0.15) is 0 Å². The highest BCUT2D eigenvalue weighted by Crippen LogP contribution is 2.60. The molecule has 10 rings (SSSR count). The maximum Gasteiger partial charge on any atom is -0.000718 e. The maximum atomic E-state index is 2.54. The first-order valence-corrected chi connectivity index (χ1v) is 21.6. The van der Waals surface area contributed by atoms with Crippen LogP contribution in [0.3, 0.4) is 0 Å². The van der Waals surface area contributed by atoms with Crippen molar-refractivity contribution in [3.63, 3.8) is 0 Å². The zero-order chi connectivity index (χ0) is 40.8. The van der Waals surface area contributed by atoms with E-state index in [4.69, 9.17) is 0 Å². The average molecular weight is 755 g/mol. The third-order valence-electron chi connectivity index (χ3n) is 13.7. The number of hydrogen-bond donors (Lipinski definition) is 0. The van der Waals surface area contributed by atoms with E-state index in [1.807, 2.05) is 0 Å². The highest BCUT2D eigenvalue weighted by atomic mass is 14.4. The van der Waals surface area contributed by atoms with E-state index in [9.17, 15) is 0 Å². The molecule has 8 aromatic rings. The molecule has 58 heavy (non-hydrogen) atoms. The lowest BCUT2D eigenvalue weighted by atomic mass is 9.76. The van der Waals surface area contributed by atoms with Crippen LogP contribution >= 0.6 is 0 Å². The molecule has 0 bridgehead atoms. The molecule has 8 aromatic carbocycles. The van der Waals surface area contributed by atoms with Gasteiger partial charge in [0, 0.05) is 0 Å². The lowest BCUT2D eigenvalue weighted by Gasteiger charge is -2.27. The highest BCUT2D eigenvalue weighted by Gasteiger charge is 2.35. The van der Waals surface area contributed by atoms with Crippen molar-refractivity contribution in [2.24, 2.45) is 0 Å². The molecule has 0 spiro atoms. The minimum atomic E-state index is -0.0245. The van der Waals surface area contributed by atoms with E-state index in [0.29, 0.717) is 0 Å². The van der Waals surface area contributed by atoms with Gasteiger partial charge >= 0.3 is 0 Å². The Labute approximate surface area is 346 Å². The van der Waals surface area contributed by atoms with Gasteiger partial charge in [-0.15, -0.1) is 0 Å². The van der Waals surface area contributed by atoms with Crippen LogP contribution in [-0.4, -0.2) is 0 Å². The summed E-state index contributed by atoms with van der Waals surface area (Å²) in [4.78, 5) is 0. The van der Waals surface area contributed by atoms with E-state index < -0.39 is 0 Å². The summed E-state index contributed by atoms with van der Waals surface area (Å²) < 4.78 is 0. The number of benzene rings is 8. The van der Waals surface area contributed by atoms with Crippen LogP contribution in [0.15, 0.2) is 109 Å². The Bertz CT molecular complexity index is 2850. The van der Waals surface area contributed by atoms with Crippen LogP contribution in [0.5, 0.6) is 0 Å². The summed E-state index contributed by atoms with van der Waals surface area (Å²) in [5.74, 6) is 0. The van der Waals surface area contributed by atoms with Gasteiger partial charge in [-0.3, -0.25) is 0 Å². The number of fused-ring (bicyclic) bond motifs is 6. The summed E-state index contributed by atoms with van der Waals surface area (Å²) in [6, 6.07) is 43.8. The molecule has 0 heterocycles. The Morgan fingerprint density at radius 3 is 1.07 bits per heavy atom. The fourth-order valence-corrected chi connectivity index (χ4v) is 10.2. The van der Waals surface area contributed by atoms with Gasteiger partial charge < -0.3 is 0 Å². The van der Waals surface area contributed by atoms with E-state index in [-0.39, 0.29) is 21.7 Å². The summed E-state index contributed by atoms with van der Waals surface area (Å²) >= 11 is 0. The fraction of sp³-hybridized carbons (Fsp3) is 0.310. The van der Waals surface area contributed by atoms with E-state index in [0.717, 1.165) is 12.8 Å². The van der Waals surface area contributed by atoms with Crippen molar-refractivity contribution >= 4 is 43.1 Å². The highest BCUT2D eigenvalue weighted by molar-refractivity contribution is 6.30. The molecule has 0 amide bonds. The lowest BCUT2D eigenvalue weighted by molar-refractivity contribution is 0.589. The molecule has 2 aliphatic carbocycles. The largest absolute Gasteiger partial charge is 0.0616 e. The molecule has 0 saturated heterocycles. The first kappa shape index (κ1) is 37.1. The Morgan fingerprint density at radius 1 is 0.310 bits per heavy atom. The van der Waals surface area contributed by atoms with Gasteiger partial charge in [-0.25, -0.2) is 0 Å². The molecular weight excluding hydrogens is 697 g/mol. The monoisotopic (exact) mass is 754 g/mol. The van der Waals surface area contributed by atoms with Crippen molar-refractivity contribution in [2.75, 3.05) is 0 Å². The molecule has 0 N–H and O–H groups in total. The molecule has 0 radical (unpaired) electrons. The van der Waals surface area contributed by atoms with Crippen molar-refractivity contribution in [1.82, 2.24) is 0 Å². The molecule has 0 aliphatic heterocycles. The summed E-state index contributed by atoms with van der Waals surface area (Å²) in [7, 11) is 0. The van der Waals surface area contributed by atoms with Crippen LogP contribution < -0.4 is 0 Å². The first-order valence-electron chi connectivity index (χ1n) is 21.6. The zero-order valence-electron chi connectivity index (χ0n) is 36.8. The Hall–Kier alpha value is -5.20. The molecule has 0 saturated carbocycles. The summed E-state index contributed by atoms with van der Waals surface area (Å²) in [6.07, 6.45) is 2.24. The Balaban J connectivity index is 1.43. The van der Waals surface area contributed by atoms with Gasteiger partial charge in [0.1, 0.15) is 0 Å². The van der Waals surface area contributed by atoms with E-state index in [2.05, 4.69) is 192 Å². The standard InChI is InChI=1S/C58H58/c1-55(2,3)37-21-25-41-35(27-37)29-39(57(7,8)9)31-47(41)50-43-15-13-14-16-44(43)51(54-46-24-20-34-18-17-33-19-23-45(53(50)54)52(46)49(33)34)48-32-40(58(10,11)12)30-36-28-38(56(4,5)6)22-26-42(36)48/h13-16,19-32H,17-18H2,1-12H3. The lowest BCUT2D eigenvalue weighted by Crippen LogP contribution is -2.13. The van der Waals surface area contributed by atoms with Crippen molar-refractivity contribution in [1.29, 1.82) is 0 Å². The van der Waals surface area contributed by atoms with Crippen LogP contribution in [0.25, 0.3) is 87.6 Å². The van der Waals surface area contributed by atoms with Gasteiger partial charge in [-0.1, -0.05) is 180 Å². The van der Waals surface area contributed by atoms with Gasteiger partial charge in [0.25, 0.3) is 0 Å². The van der Waals surface area contributed by atoms with E-state index in [1.54, 1.807) is 0 Å². The predicted molar refractivity (Wildman–Crippen MR) is 254 cm³/mol. The second kappa shape index (κ2) is 12.2. The Morgan fingerprint density at radius 2 is 0.690 bits per heavy atom. The Kier molecular flexibility index (Phi) is 7.78. The number of rotatable bonds is 2. The van der Waals surface area contributed by atoms with Gasteiger partial charge in [0.15, 0.2) is 0 Å². The normalized spacial score (nSPS) is 14.1. The average Bonchev–Trinajstić information content (AvgIpc) is 3.73. The van der Waals surface area contributed by atoms with Crippen molar-refractivity contribution in [3.8, 4) is 44.5 Å². The quantitative estimate of drug-likeness (QED) is 0.165. The van der Waals surface area contributed by atoms with Crippen LogP contribution in [0.1, 0.15) is 116 Å². The molecule has 0 fully saturated rings.